The quantitative estimate of drug-likeness (QED) is 0.915. The molecule has 0 aliphatic carbocycles. The van der Waals surface area contributed by atoms with E-state index < -0.39 is 0 Å². The van der Waals surface area contributed by atoms with E-state index in [1.54, 1.807) is 12.1 Å². The van der Waals surface area contributed by atoms with Crippen LogP contribution in [0.1, 0.15) is 31.2 Å². The van der Waals surface area contributed by atoms with Crippen LogP contribution in [-0.2, 0) is 6.54 Å². The van der Waals surface area contributed by atoms with Gasteiger partial charge in [-0.2, -0.15) is 0 Å². The van der Waals surface area contributed by atoms with E-state index in [9.17, 15) is 4.39 Å². The van der Waals surface area contributed by atoms with Crippen molar-refractivity contribution in [1.82, 2.24) is 10.2 Å². The summed E-state index contributed by atoms with van der Waals surface area (Å²) in [5.74, 6) is -0.198. The van der Waals surface area contributed by atoms with Crippen molar-refractivity contribution in [3.8, 4) is 0 Å². The van der Waals surface area contributed by atoms with Crippen molar-refractivity contribution in [2.75, 3.05) is 7.05 Å². The first kappa shape index (κ1) is 16.0. The lowest BCUT2D eigenvalue weighted by Crippen LogP contribution is -2.46. The molecule has 2 bridgehead atoms. The molecule has 0 amide bonds. The Balaban J connectivity index is 0.00000147. The standard InChI is InChI=1S/C15H20ClFN2.ClH/c1-19(9-10-2-3-11(16)6-15(10)17)14-7-12-4-5-13(8-14)18-12;/h2-3,6,12-14,18H,4-5,7-9H2,1H3;1H. The van der Waals surface area contributed by atoms with Gasteiger partial charge < -0.3 is 5.32 Å². The predicted octanol–water partition coefficient (Wildman–Crippen LogP) is 3.62. The van der Waals surface area contributed by atoms with Crippen LogP contribution in [0.4, 0.5) is 4.39 Å². The van der Waals surface area contributed by atoms with Crippen molar-refractivity contribution in [1.29, 1.82) is 0 Å². The summed E-state index contributed by atoms with van der Waals surface area (Å²) >= 11 is 5.79. The van der Waals surface area contributed by atoms with Crippen LogP contribution < -0.4 is 5.32 Å². The Kier molecular flexibility index (Phi) is 5.30. The van der Waals surface area contributed by atoms with Crippen LogP contribution in [0.5, 0.6) is 0 Å². The summed E-state index contributed by atoms with van der Waals surface area (Å²) in [5, 5.41) is 4.10. The minimum atomic E-state index is -0.198. The summed E-state index contributed by atoms with van der Waals surface area (Å²) in [7, 11) is 2.10. The second kappa shape index (κ2) is 6.61. The van der Waals surface area contributed by atoms with E-state index in [0.717, 1.165) is 5.56 Å². The molecular formula is C15H21Cl2FN2. The summed E-state index contributed by atoms with van der Waals surface area (Å²) in [4.78, 5) is 2.29. The first-order valence-corrected chi connectivity index (χ1v) is 7.40. The van der Waals surface area contributed by atoms with Crippen molar-refractivity contribution in [3.63, 3.8) is 0 Å². The summed E-state index contributed by atoms with van der Waals surface area (Å²) in [6.45, 7) is 0.660. The fourth-order valence-electron chi connectivity index (χ4n) is 3.43. The highest BCUT2D eigenvalue weighted by atomic mass is 35.5. The predicted molar refractivity (Wildman–Crippen MR) is 83.1 cm³/mol. The topological polar surface area (TPSA) is 15.3 Å². The second-order valence-corrected chi connectivity index (χ2v) is 6.35. The molecule has 20 heavy (non-hydrogen) atoms. The van der Waals surface area contributed by atoms with Crippen LogP contribution in [0.25, 0.3) is 0 Å². The zero-order valence-corrected chi connectivity index (χ0v) is 13.2. The third-order valence-corrected chi connectivity index (χ3v) is 4.74. The molecule has 2 unspecified atom stereocenters. The van der Waals surface area contributed by atoms with Gasteiger partial charge in [-0.1, -0.05) is 17.7 Å². The average Bonchev–Trinajstić information content (AvgIpc) is 2.71. The number of fused-ring (bicyclic) bond motifs is 2. The molecule has 2 heterocycles. The van der Waals surface area contributed by atoms with E-state index in [1.165, 1.54) is 31.7 Å². The smallest absolute Gasteiger partial charge is 0.129 e. The van der Waals surface area contributed by atoms with E-state index in [1.807, 2.05) is 0 Å². The van der Waals surface area contributed by atoms with Crippen LogP contribution in [0.2, 0.25) is 5.02 Å². The number of hydrogen-bond donors (Lipinski definition) is 1. The monoisotopic (exact) mass is 318 g/mol. The number of rotatable bonds is 3. The molecular weight excluding hydrogens is 298 g/mol. The first-order valence-electron chi connectivity index (χ1n) is 7.02. The molecule has 1 aromatic carbocycles. The van der Waals surface area contributed by atoms with Gasteiger partial charge in [-0.3, -0.25) is 4.90 Å². The van der Waals surface area contributed by atoms with E-state index >= 15 is 0 Å². The number of hydrogen-bond acceptors (Lipinski definition) is 2. The Hall–Kier alpha value is -0.350. The van der Waals surface area contributed by atoms with Crippen molar-refractivity contribution in [2.24, 2.45) is 0 Å². The molecule has 2 saturated heterocycles. The fraction of sp³-hybridized carbons (Fsp3) is 0.600. The minimum absolute atomic E-state index is 0. The zero-order chi connectivity index (χ0) is 13.4. The maximum atomic E-state index is 13.8. The summed E-state index contributed by atoms with van der Waals surface area (Å²) < 4.78 is 13.8. The molecule has 2 nitrogen and oxygen atoms in total. The van der Waals surface area contributed by atoms with Crippen LogP contribution in [-0.4, -0.2) is 30.1 Å². The Morgan fingerprint density at radius 1 is 1.30 bits per heavy atom. The lowest BCUT2D eigenvalue weighted by atomic mass is 9.98. The normalized spacial score (nSPS) is 28.5. The van der Waals surface area contributed by atoms with Gasteiger partial charge in [-0.25, -0.2) is 4.39 Å². The summed E-state index contributed by atoms with van der Waals surface area (Å²) in [5.41, 5.74) is 0.734. The van der Waals surface area contributed by atoms with Gasteiger partial charge in [0.05, 0.1) is 0 Å². The third kappa shape index (κ3) is 3.45. The maximum absolute atomic E-state index is 13.8. The average molecular weight is 319 g/mol. The molecule has 2 fully saturated rings. The van der Waals surface area contributed by atoms with Gasteiger partial charge in [-0.05, 0) is 44.9 Å². The second-order valence-electron chi connectivity index (χ2n) is 5.91. The highest BCUT2D eigenvalue weighted by Gasteiger charge is 2.35. The first-order chi connectivity index (χ1) is 9.11. The largest absolute Gasteiger partial charge is 0.311 e. The maximum Gasteiger partial charge on any atom is 0.129 e. The van der Waals surface area contributed by atoms with E-state index in [4.69, 9.17) is 11.6 Å². The van der Waals surface area contributed by atoms with Crippen molar-refractivity contribution in [2.45, 2.75) is 50.4 Å². The molecule has 0 spiro atoms. The molecule has 3 rings (SSSR count). The van der Waals surface area contributed by atoms with E-state index in [2.05, 4.69) is 17.3 Å². The molecule has 1 aromatic rings. The Morgan fingerprint density at radius 3 is 2.55 bits per heavy atom. The number of benzene rings is 1. The van der Waals surface area contributed by atoms with Crippen LogP contribution in [0, 0.1) is 5.82 Å². The number of halogens is 3. The highest BCUT2D eigenvalue weighted by Crippen LogP contribution is 2.30. The third-order valence-electron chi connectivity index (χ3n) is 4.51. The van der Waals surface area contributed by atoms with Gasteiger partial charge in [0.1, 0.15) is 5.82 Å². The molecule has 0 radical (unpaired) electrons. The van der Waals surface area contributed by atoms with Crippen molar-refractivity contribution < 1.29 is 4.39 Å². The molecule has 0 aromatic heterocycles. The molecule has 5 heteroatoms. The number of nitrogens with one attached hydrogen (secondary N) is 1. The summed E-state index contributed by atoms with van der Waals surface area (Å²) in [6, 6.07) is 6.86. The van der Waals surface area contributed by atoms with Gasteiger partial charge in [0.25, 0.3) is 0 Å². The molecule has 1 N–H and O–H groups in total. The lowest BCUT2D eigenvalue weighted by molar-refractivity contribution is 0.164. The molecule has 112 valence electrons. The molecule has 2 atom stereocenters. The van der Waals surface area contributed by atoms with Crippen molar-refractivity contribution in [3.05, 3.63) is 34.6 Å². The summed E-state index contributed by atoms with van der Waals surface area (Å²) in [6.07, 6.45) is 4.96. The number of piperidine rings is 1. The lowest BCUT2D eigenvalue weighted by Gasteiger charge is -2.35. The van der Waals surface area contributed by atoms with Gasteiger partial charge in [-0.15, -0.1) is 12.4 Å². The van der Waals surface area contributed by atoms with Gasteiger partial charge >= 0.3 is 0 Å². The van der Waals surface area contributed by atoms with Crippen LogP contribution >= 0.6 is 24.0 Å². The highest BCUT2D eigenvalue weighted by molar-refractivity contribution is 6.30. The minimum Gasteiger partial charge on any atom is -0.311 e. The van der Waals surface area contributed by atoms with Crippen LogP contribution in [0.3, 0.4) is 0 Å². The van der Waals surface area contributed by atoms with E-state index in [0.29, 0.717) is 29.7 Å². The van der Waals surface area contributed by atoms with Crippen molar-refractivity contribution >= 4 is 24.0 Å². The van der Waals surface area contributed by atoms with E-state index in [-0.39, 0.29) is 18.2 Å². The number of nitrogens with zero attached hydrogens (tertiary/aromatic N) is 1. The Labute approximate surface area is 131 Å². The Morgan fingerprint density at radius 2 is 1.95 bits per heavy atom. The van der Waals surface area contributed by atoms with Crippen LogP contribution in [0.15, 0.2) is 18.2 Å². The SMILES string of the molecule is CN(Cc1ccc(Cl)cc1F)C1CC2CCC(C1)N2.Cl. The fourth-order valence-corrected chi connectivity index (χ4v) is 3.59. The Bertz CT molecular complexity index is 457. The van der Waals surface area contributed by atoms with Gasteiger partial charge in [0.2, 0.25) is 0 Å². The molecule has 0 saturated carbocycles. The zero-order valence-electron chi connectivity index (χ0n) is 11.6. The van der Waals surface area contributed by atoms with Gasteiger partial charge in [0, 0.05) is 35.3 Å². The molecule has 2 aliphatic rings. The molecule has 2 aliphatic heterocycles. The van der Waals surface area contributed by atoms with Gasteiger partial charge in [0.15, 0.2) is 0 Å².